The Kier molecular flexibility index (Phi) is 2.72. The summed E-state index contributed by atoms with van der Waals surface area (Å²) in [7, 11) is 0. The van der Waals surface area contributed by atoms with Gasteiger partial charge in [0.2, 0.25) is 0 Å². The Bertz CT molecular complexity index is 833. The van der Waals surface area contributed by atoms with Gasteiger partial charge in [-0.15, -0.1) is 0 Å². The van der Waals surface area contributed by atoms with Crippen LogP contribution in [0, 0.1) is 0 Å². The summed E-state index contributed by atoms with van der Waals surface area (Å²) in [5.41, 5.74) is 5.52. The van der Waals surface area contributed by atoms with Gasteiger partial charge in [-0.05, 0) is 70.0 Å². The van der Waals surface area contributed by atoms with Crippen LogP contribution in [0.25, 0.3) is 22.1 Å². The lowest BCUT2D eigenvalue weighted by atomic mass is 10.2. The fourth-order valence-electron chi connectivity index (χ4n) is 2.63. The molecule has 0 atom stereocenters. The fourth-order valence-corrected chi connectivity index (χ4v) is 3.29. The van der Waals surface area contributed by atoms with Crippen LogP contribution < -0.4 is 10.6 Å². The molecule has 0 saturated heterocycles. The second-order valence-corrected chi connectivity index (χ2v) is 7.45. The normalized spacial score (nSPS) is 15.8. The van der Waals surface area contributed by atoms with Gasteiger partial charge in [-0.1, -0.05) is 0 Å². The molecule has 4 nitrogen and oxygen atoms in total. The van der Waals surface area contributed by atoms with Gasteiger partial charge in [-0.2, -0.15) is 0 Å². The largest absolute Gasteiger partial charge is 0.362 e. The Morgan fingerprint density at radius 2 is 1.14 bits per heavy atom. The Morgan fingerprint density at radius 3 is 1.57 bits per heavy atom. The van der Waals surface area contributed by atoms with Crippen LogP contribution in [-0.2, 0) is 0 Å². The number of rotatable bonds is 0. The van der Waals surface area contributed by atoms with E-state index in [1.165, 1.54) is 0 Å². The quantitative estimate of drug-likeness (QED) is 0.521. The molecule has 106 valence electrons. The molecule has 0 saturated carbocycles. The van der Waals surface area contributed by atoms with Crippen molar-refractivity contribution in [2.75, 3.05) is 10.6 Å². The molecule has 0 bridgehead atoms. The van der Waals surface area contributed by atoms with E-state index in [-0.39, 0.29) is 5.66 Å². The van der Waals surface area contributed by atoms with Crippen LogP contribution in [-0.4, -0.2) is 15.6 Å². The molecule has 2 N–H and O–H groups in total. The van der Waals surface area contributed by atoms with E-state index >= 15 is 0 Å². The first kappa shape index (κ1) is 13.3. The lowest BCUT2D eigenvalue weighted by Crippen LogP contribution is -2.33. The highest BCUT2D eigenvalue weighted by molar-refractivity contribution is 9.13. The molecule has 4 rings (SSSR count). The third kappa shape index (κ3) is 2.17. The molecule has 0 fully saturated rings. The van der Waals surface area contributed by atoms with Crippen LogP contribution in [0.2, 0.25) is 0 Å². The van der Waals surface area contributed by atoms with Crippen LogP contribution in [0.5, 0.6) is 0 Å². The van der Waals surface area contributed by atoms with E-state index in [2.05, 4.69) is 68.5 Å². The number of aromatic nitrogens is 2. The van der Waals surface area contributed by atoms with E-state index in [0.29, 0.717) is 0 Å². The number of hydrogen-bond donors (Lipinski definition) is 2. The molecule has 3 aromatic rings. The first-order chi connectivity index (χ1) is 9.91. The average molecular weight is 408 g/mol. The topological polar surface area (TPSA) is 49.8 Å². The Morgan fingerprint density at radius 1 is 0.762 bits per heavy atom. The van der Waals surface area contributed by atoms with Crippen molar-refractivity contribution >= 4 is 65.3 Å². The maximum absolute atomic E-state index is 4.72. The molecule has 0 radical (unpaired) electrons. The smallest absolute Gasteiger partial charge is 0.102 e. The molecule has 6 heteroatoms. The first-order valence-corrected chi connectivity index (χ1v) is 8.17. The third-order valence-corrected chi connectivity index (χ3v) is 5.35. The van der Waals surface area contributed by atoms with E-state index in [1.54, 1.807) is 0 Å². The minimum atomic E-state index is -0.148. The maximum Gasteiger partial charge on any atom is 0.102 e. The highest BCUT2D eigenvalue weighted by atomic mass is 79.9. The lowest BCUT2D eigenvalue weighted by molar-refractivity contribution is 0.675. The summed E-state index contributed by atoms with van der Waals surface area (Å²) < 4.78 is 1.96. The summed E-state index contributed by atoms with van der Waals surface area (Å²) in [6.07, 6.45) is 0. The highest BCUT2D eigenvalue weighted by Gasteiger charge is 2.26. The van der Waals surface area contributed by atoms with Crippen molar-refractivity contribution in [2.24, 2.45) is 0 Å². The van der Waals surface area contributed by atoms with Gasteiger partial charge in [0.05, 0.1) is 33.4 Å². The van der Waals surface area contributed by atoms with Gasteiger partial charge >= 0.3 is 0 Å². The summed E-state index contributed by atoms with van der Waals surface area (Å²) >= 11 is 7.02. The number of anilines is 2. The van der Waals surface area contributed by atoms with Gasteiger partial charge in [0.15, 0.2) is 0 Å². The van der Waals surface area contributed by atoms with Crippen LogP contribution in [0.3, 0.4) is 0 Å². The van der Waals surface area contributed by atoms with E-state index in [9.17, 15) is 0 Å². The number of hydrogen-bond acceptors (Lipinski definition) is 4. The van der Waals surface area contributed by atoms with Crippen molar-refractivity contribution in [1.82, 2.24) is 9.97 Å². The van der Waals surface area contributed by atoms with E-state index in [0.717, 1.165) is 42.4 Å². The molecule has 21 heavy (non-hydrogen) atoms. The van der Waals surface area contributed by atoms with Gasteiger partial charge in [0, 0.05) is 8.95 Å². The van der Waals surface area contributed by atoms with Crippen molar-refractivity contribution in [3.8, 4) is 0 Å². The van der Waals surface area contributed by atoms with Crippen molar-refractivity contribution < 1.29 is 0 Å². The Hall–Kier alpha value is -1.40. The summed E-state index contributed by atoms with van der Waals surface area (Å²) in [6, 6.07) is 8.06. The van der Waals surface area contributed by atoms with Crippen LogP contribution in [0.4, 0.5) is 11.4 Å². The number of halogens is 2. The van der Waals surface area contributed by atoms with Crippen molar-refractivity contribution in [2.45, 2.75) is 19.5 Å². The second-order valence-electron chi connectivity index (χ2n) is 5.74. The van der Waals surface area contributed by atoms with E-state index < -0.39 is 0 Å². The predicted octanol–water partition coefficient (Wildman–Crippen LogP) is 4.88. The summed E-state index contributed by atoms with van der Waals surface area (Å²) in [4.78, 5) is 9.45. The number of nitrogens with zero attached hydrogens (tertiary/aromatic N) is 2. The highest BCUT2D eigenvalue weighted by Crippen LogP contribution is 2.37. The Balaban J connectivity index is 2.00. The zero-order valence-corrected chi connectivity index (χ0v) is 14.6. The zero-order chi connectivity index (χ0) is 14.8. The van der Waals surface area contributed by atoms with E-state index in [4.69, 9.17) is 9.97 Å². The third-order valence-electron chi connectivity index (χ3n) is 3.51. The fraction of sp³-hybridized carbons (Fsp3) is 0.200. The van der Waals surface area contributed by atoms with Gasteiger partial charge in [0.1, 0.15) is 5.66 Å². The van der Waals surface area contributed by atoms with Gasteiger partial charge in [-0.25, -0.2) is 9.97 Å². The number of nitrogens with one attached hydrogen (secondary N) is 2. The van der Waals surface area contributed by atoms with Gasteiger partial charge in [-0.3, -0.25) is 0 Å². The lowest BCUT2D eigenvalue weighted by Gasteiger charge is -2.19. The summed E-state index contributed by atoms with van der Waals surface area (Å²) in [5, 5.41) is 6.88. The predicted molar refractivity (Wildman–Crippen MR) is 93.8 cm³/mol. The molecule has 2 aromatic carbocycles. The van der Waals surface area contributed by atoms with Gasteiger partial charge in [0.25, 0.3) is 0 Å². The van der Waals surface area contributed by atoms with Crippen LogP contribution in [0.1, 0.15) is 13.8 Å². The van der Waals surface area contributed by atoms with Crippen molar-refractivity contribution in [3.63, 3.8) is 0 Å². The molecule has 0 spiro atoms. The molecule has 0 amide bonds. The minimum absolute atomic E-state index is 0.148. The monoisotopic (exact) mass is 406 g/mol. The second kappa shape index (κ2) is 4.30. The summed E-state index contributed by atoms with van der Waals surface area (Å²) in [5.74, 6) is 0. The van der Waals surface area contributed by atoms with E-state index in [1.807, 2.05) is 12.1 Å². The SMILES string of the molecule is CC1(C)Nc2cc3nc4cc(Br)c(Br)cc4nc3cc2N1. The van der Waals surface area contributed by atoms with Gasteiger partial charge < -0.3 is 10.6 Å². The number of benzene rings is 2. The molecule has 2 heterocycles. The first-order valence-electron chi connectivity index (χ1n) is 6.58. The Labute approximate surface area is 138 Å². The molecule has 1 aromatic heterocycles. The molecule has 0 unspecified atom stereocenters. The van der Waals surface area contributed by atoms with Crippen molar-refractivity contribution in [3.05, 3.63) is 33.2 Å². The molecular formula is C15H12Br2N4. The summed E-state index contributed by atoms with van der Waals surface area (Å²) in [6.45, 7) is 4.20. The zero-order valence-electron chi connectivity index (χ0n) is 11.5. The molecule has 1 aliphatic rings. The van der Waals surface area contributed by atoms with Crippen LogP contribution in [0.15, 0.2) is 33.2 Å². The maximum atomic E-state index is 4.72. The van der Waals surface area contributed by atoms with Crippen LogP contribution >= 0.6 is 31.9 Å². The average Bonchev–Trinajstić information content (AvgIpc) is 2.68. The molecule has 0 aliphatic carbocycles. The molecular weight excluding hydrogens is 396 g/mol. The minimum Gasteiger partial charge on any atom is -0.362 e. The number of fused-ring (bicyclic) bond motifs is 3. The van der Waals surface area contributed by atoms with Crippen molar-refractivity contribution in [1.29, 1.82) is 0 Å². The molecule has 1 aliphatic heterocycles. The standard InChI is InChI=1S/C15H12Br2N4/c1-15(2)20-13-5-11-12(6-14(13)21-15)19-10-4-8(17)7(16)3-9(10)18-11/h3-6,20-21H,1-2H3.